The molecule has 0 aliphatic carbocycles. The summed E-state index contributed by atoms with van der Waals surface area (Å²) in [6.07, 6.45) is 0. The highest BCUT2D eigenvalue weighted by molar-refractivity contribution is 9.10. The van der Waals surface area contributed by atoms with Gasteiger partial charge in [-0.15, -0.1) is 11.6 Å². The Bertz CT molecular complexity index is 464. The molecule has 1 rings (SSSR count). The highest BCUT2D eigenvalue weighted by Gasteiger charge is 2.26. The SMILES string of the molecule is CC(CCl)N(C)S(=O)(=O)c1ccccc1Br. The second-order valence-electron chi connectivity index (χ2n) is 3.45. The fraction of sp³-hybridized carbons (Fsp3) is 0.400. The van der Waals surface area contributed by atoms with Crippen LogP contribution in [0.15, 0.2) is 33.6 Å². The lowest BCUT2D eigenvalue weighted by molar-refractivity contribution is 0.413. The minimum Gasteiger partial charge on any atom is -0.207 e. The molecule has 0 amide bonds. The molecule has 0 saturated carbocycles. The maximum absolute atomic E-state index is 12.2. The molecule has 1 aromatic rings. The van der Waals surface area contributed by atoms with E-state index in [0.29, 0.717) is 4.47 Å². The number of halogens is 2. The van der Waals surface area contributed by atoms with Crippen LogP contribution in [0.3, 0.4) is 0 Å². The van der Waals surface area contributed by atoms with Gasteiger partial charge in [0.2, 0.25) is 10.0 Å². The number of hydrogen-bond acceptors (Lipinski definition) is 2. The molecule has 0 saturated heterocycles. The molecule has 0 fully saturated rings. The van der Waals surface area contributed by atoms with E-state index in [4.69, 9.17) is 11.6 Å². The largest absolute Gasteiger partial charge is 0.244 e. The van der Waals surface area contributed by atoms with Gasteiger partial charge in [0.05, 0.1) is 4.90 Å². The van der Waals surface area contributed by atoms with E-state index in [1.54, 1.807) is 31.2 Å². The van der Waals surface area contributed by atoms with Crippen LogP contribution in [0.2, 0.25) is 0 Å². The normalized spacial score (nSPS) is 14.1. The number of sulfonamides is 1. The maximum Gasteiger partial charge on any atom is 0.244 e. The predicted molar refractivity (Wildman–Crippen MR) is 69.3 cm³/mol. The first-order valence-corrected chi connectivity index (χ1v) is 7.46. The van der Waals surface area contributed by atoms with Gasteiger partial charge in [0.1, 0.15) is 0 Å². The van der Waals surface area contributed by atoms with Crippen LogP contribution in [0.25, 0.3) is 0 Å². The average molecular weight is 327 g/mol. The van der Waals surface area contributed by atoms with Gasteiger partial charge in [-0.25, -0.2) is 8.42 Å². The Morgan fingerprint density at radius 2 is 2.00 bits per heavy atom. The molecule has 90 valence electrons. The molecule has 0 aliphatic heterocycles. The zero-order valence-corrected chi connectivity index (χ0v) is 12.2. The molecule has 1 unspecified atom stereocenters. The smallest absolute Gasteiger partial charge is 0.207 e. The maximum atomic E-state index is 12.2. The van der Waals surface area contributed by atoms with Gasteiger partial charge in [0.25, 0.3) is 0 Å². The van der Waals surface area contributed by atoms with E-state index in [2.05, 4.69) is 15.9 Å². The highest BCUT2D eigenvalue weighted by atomic mass is 79.9. The Kier molecular flexibility index (Phi) is 4.79. The van der Waals surface area contributed by atoms with Crippen molar-refractivity contribution in [2.75, 3.05) is 12.9 Å². The number of nitrogens with zero attached hydrogens (tertiary/aromatic N) is 1. The van der Waals surface area contributed by atoms with E-state index in [1.807, 2.05) is 0 Å². The van der Waals surface area contributed by atoms with Crippen LogP contribution >= 0.6 is 27.5 Å². The lowest BCUT2D eigenvalue weighted by atomic mass is 10.4. The predicted octanol–water partition coefficient (Wildman–Crippen LogP) is 2.70. The molecule has 16 heavy (non-hydrogen) atoms. The van der Waals surface area contributed by atoms with Crippen LogP contribution in [0.4, 0.5) is 0 Å². The van der Waals surface area contributed by atoms with Gasteiger partial charge in [-0.2, -0.15) is 4.31 Å². The Hall–Kier alpha value is -0.100. The first-order valence-electron chi connectivity index (χ1n) is 4.69. The lowest BCUT2D eigenvalue weighted by Crippen LogP contribution is -2.36. The molecule has 0 spiro atoms. The Balaban J connectivity index is 3.17. The van der Waals surface area contributed by atoms with E-state index in [-0.39, 0.29) is 16.8 Å². The van der Waals surface area contributed by atoms with Gasteiger partial charge in [-0.05, 0) is 35.0 Å². The summed E-state index contributed by atoms with van der Waals surface area (Å²) in [7, 11) is -1.95. The molecule has 0 heterocycles. The summed E-state index contributed by atoms with van der Waals surface area (Å²) in [5, 5.41) is 0. The van der Waals surface area contributed by atoms with Crippen molar-refractivity contribution in [1.82, 2.24) is 4.31 Å². The second-order valence-corrected chi connectivity index (χ2v) is 6.58. The van der Waals surface area contributed by atoms with Crippen LogP contribution in [-0.2, 0) is 10.0 Å². The van der Waals surface area contributed by atoms with Crippen molar-refractivity contribution < 1.29 is 8.42 Å². The number of alkyl halides is 1. The first-order chi connectivity index (χ1) is 7.41. The van der Waals surface area contributed by atoms with E-state index < -0.39 is 10.0 Å². The van der Waals surface area contributed by atoms with Crippen molar-refractivity contribution in [3.8, 4) is 0 Å². The van der Waals surface area contributed by atoms with Gasteiger partial charge < -0.3 is 0 Å². The van der Waals surface area contributed by atoms with Gasteiger partial charge in [-0.3, -0.25) is 0 Å². The molecule has 0 aromatic heterocycles. The Morgan fingerprint density at radius 3 is 2.50 bits per heavy atom. The Labute approximate surface area is 110 Å². The summed E-state index contributed by atoms with van der Waals surface area (Å²) in [4.78, 5) is 0.259. The quantitative estimate of drug-likeness (QED) is 0.798. The van der Waals surface area contributed by atoms with Crippen molar-refractivity contribution in [3.63, 3.8) is 0 Å². The van der Waals surface area contributed by atoms with Crippen molar-refractivity contribution in [2.24, 2.45) is 0 Å². The van der Waals surface area contributed by atoms with Crippen LogP contribution in [-0.4, -0.2) is 31.7 Å². The fourth-order valence-electron chi connectivity index (χ4n) is 1.14. The highest BCUT2D eigenvalue weighted by Crippen LogP contribution is 2.25. The Morgan fingerprint density at radius 1 is 1.44 bits per heavy atom. The van der Waals surface area contributed by atoms with Crippen molar-refractivity contribution >= 4 is 37.6 Å². The monoisotopic (exact) mass is 325 g/mol. The molecule has 0 aliphatic rings. The number of hydrogen-bond donors (Lipinski definition) is 0. The lowest BCUT2D eigenvalue weighted by Gasteiger charge is -2.22. The third kappa shape index (κ3) is 2.77. The van der Waals surface area contributed by atoms with Crippen molar-refractivity contribution in [3.05, 3.63) is 28.7 Å². The zero-order chi connectivity index (χ0) is 12.3. The minimum atomic E-state index is -3.48. The van der Waals surface area contributed by atoms with Crippen LogP contribution in [0.5, 0.6) is 0 Å². The second kappa shape index (κ2) is 5.49. The minimum absolute atomic E-state index is 0.237. The third-order valence-electron chi connectivity index (χ3n) is 2.34. The summed E-state index contributed by atoms with van der Waals surface area (Å²) in [5.41, 5.74) is 0. The molecule has 6 heteroatoms. The third-order valence-corrected chi connectivity index (χ3v) is 5.77. The zero-order valence-electron chi connectivity index (χ0n) is 9.02. The summed E-state index contributed by atoms with van der Waals surface area (Å²) in [6.45, 7) is 1.77. The van der Waals surface area contributed by atoms with Crippen molar-refractivity contribution in [2.45, 2.75) is 17.9 Å². The van der Waals surface area contributed by atoms with E-state index in [1.165, 1.54) is 11.4 Å². The number of rotatable bonds is 4. The molecule has 1 atom stereocenters. The van der Waals surface area contributed by atoms with E-state index in [9.17, 15) is 8.42 Å². The topological polar surface area (TPSA) is 37.4 Å². The molecule has 0 radical (unpaired) electrons. The summed E-state index contributed by atoms with van der Waals surface area (Å²) >= 11 is 8.89. The van der Waals surface area contributed by atoms with Crippen LogP contribution in [0.1, 0.15) is 6.92 Å². The van der Waals surface area contributed by atoms with Gasteiger partial charge in [-0.1, -0.05) is 12.1 Å². The summed E-state index contributed by atoms with van der Waals surface area (Å²) < 4.78 is 26.2. The molecular weight excluding hydrogens is 314 g/mol. The molecule has 1 aromatic carbocycles. The molecular formula is C10H13BrClNO2S. The average Bonchev–Trinajstić information content (AvgIpc) is 2.27. The standard InChI is InChI=1S/C10H13BrClNO2S/c1-8(7-12)13(2)16(14,15)10-6-4-3-5-9(10)11/h3-6,8H,7H2,1-2H3. The van der Waals surface area contributed by atoms with Crippen LogP contribution in [0, 0.1) is 0 Å². The van der Waals surface area contributed by atoms with E-state index in [0.717, 1.165) is 0 Å². The summed E-state index contributed by atoms with van der Waals surface area (Å²) in [6, 6.07) is 6.49. The number of benzene rings is 1. The van der Waals surface area contributed by atoms with Gasteiger partial charge >= 0.3 is 0 Å². The van der Waals surface area contributed by atoms with Crippen molar-refractivity contribution in [1.29, 1.82) is 0 Å². The van der Waals surface area contributed by atoms with Gasteiger partial charge in [0.15, 0.2) is 0 Å². The fourth-order valence-corrected chi connectivity index (χ4v) is 3.75. The first kappa shape index (κ1) is 14.0. The van der Waals surface area contributed by atoms with Crippen LogP contribution < -0.4 is 0 Å². The van der Waals surface area contributed by atoms with Gasteiger partial charge in [0, 0.05) is 23.4 Å². The molecule has 0 N–H and O–H groups in total. The van der Waals surface area contributed by atoms with E-state index >= 15 is 0 Å². The molecule has 3 nitrogen and oxygen atoms in total. The summed E-state index contributed by atoms with van der Waals surface area (Å²) in [5.74, 6) is 0.264. The molecule has 0 bridgehead atoms.